The fourth-order valence-electron chi connectivity index (χ4n) is 3.06. The van der Waals surface area contributed by atoms with E-state index in [1.807, 2.05) is 0 Å². The van der Waals surface area contributed by atoms with Crippen molar-refractivity contribution in [1.82, 2.24) is 10.2 Å². The molecule has 3 nitrogen and oxygen atoms in total. The van der Waals surface area contributed by atoms with E-state index in [4.69, 9.17) is 5.11 Å². The topological polar surface area (TPSA) is 35.5 Å². The summed E-state index contributed by atoms with van der Waals surface area (Å²) in [7, 11) is 0. The summed E-state index contributed by atoms with van der Waals surface area (Å²) in [5, 5.41) is 12.9. The Morgan fingerprint density at radius 1 is 1.24 bits per heavy atom. The lowest BCUT2D eigenvalue weighted by Crippen LogP contribution is -2.50. The largest absolute Gasteiger partial charge is 0.396 e. The van der Waals surface area contributed by atoms with Gasteiger partial charge in [-0.3, -0.25) is 0 Å². The molecule has 2 atom stereocenters. The second-order valence-corrected chi connectivity index (χ2v) is 6.36. The fourth-order valence-corrected chi connectivity index (χ4v) is 3.06. The second-order valence-electron chi connectivity index (χ2n) is 6.36. The standard InChI is InChI=1S/C14H28N2O/c1-11(2)8-16-9-12(5-6-17)7-14(10-16)15-13-3-4-13/h11-15,17H,3-10H2,1-2H3. The Balaban J connectivity index is 1.83. The maximum absolute atomic E-state index is 9.13. The van der Waals surface area contributed by atoms with Crippen molar-refractivity contribution in [2.24, 2.45) is 11.8 Å². The monoisotopic (exact) mass is 240 g/mol. The molecule has 2 N–H and O–H groups in total. The Bertz CT molecular complexity index is 216. The van der Waals surface area contributed by atoms with Crippen molar-refractivity contribution in [1.29, 1.82) is 0 Å². The van der Waals surface area contributed by atoms with E-state index < -0.39 is 0 Å². The highest BCUT2D eigenvalue weighted by Gasteiger charge is 2.31. The zero-order valence-corrected chi connectivity index (χ0v) is 11.4. The number of rotatable bonds is 6. The Kier molecular flexibility index (Phi) is 4.83. The molecule has 1 saturated carbocycles. The predicted molar refractivity (Wildman–Crippen MR) is 71.0 cm³/mol. The zero-order valence-electron chi connectivity index (χ0n) is 11.4. The van der Waals surface area contributed by atoms with Crippen LogP contribution in [0.3, 0.4) is 0 Å². The van der Waals surface area contributed by atoms with Crippen LogP contribution in [0, 0.1) is 11.8 Å². The third-order valence-electron chi connectivity index (χ3n) is 3.82. The molecule has 3 heteroatoms. The summed E-state index contributed by atoms with van der Waals surface area (Å²) in [6.07, 6.45) is 4.96. The summed E-state index contributed by atoms with van der Waals surface area (Å²) >= 11 is 0. The maximum atomic E-state index is 9.13. The smallest absolute Gasteiger partial charge is 0.0434 e. The van der Waals surface area contributed by atoms with Crippen LogP contribution in [-0.2, 0) is 0 Å². The van der Waals surface area contributed by atoms with Crippen molar-refractivity contribution in [2.75, 3.05) is 26.2 Å². The molecule has 2 rings (SSSR count). The van der Waals surface area contributed by atoms with Gasteiger partial charge in [0.05, 0.1) is 0 Å². The third kappa shape index (κ3) is 4.57. The van der Waals surface area contributed by atoms with Crippen LogP contribution in [0.15, 0.2) is 0 Å². The van der Waals surface area contributed by atoms with E-state index in [1.165, 1.54) is 38.9 Å². The summed E-state index contributed by atoms with van der Waals surface area (Å²) in [5.41, 5.74) is 0. The quantitative estimate of drug-likeness (QED) is 0.738. The molecule has 0 spiro atoms. The number of hydrogen-bond acceptors (Lipinski definition) is 3. The van der Waals surface area contributed by atoms with E-state index in [9.17, 15) is 0 Å². The first-order valence-corrected chi connectivity index (χ1v) is 7.26. The van der Waals surface area contributed by atoms with E-state index in [0.29, 0.717) is 18.6 Å². The zero-order chi connectivity index (χ0) is 12.3. The minimum Gasteiger partial charge on any atom is -0.396 e. The summed E-state index contributed by atoms with van der Waals surface area (Å²) in [5.74, 6) is 1.42. The van der Waals surface area contributed by atoms with Crippen LogP contribution < -0.4 is 5.32 Å². The van der Waals surface area contributed by atoms with Gasteiger partial charge in [0.15, 0.2) is 0 Å². The Hall–Kier alpha value is -0.120. The molecule has 1 aliphatic carbocycles. The van der Waals surface area contributed by atoms with E-state index in [2.05, 4.69) is 24.1 Å². The van der Waals surface area contributed by atoms with Gasteiger partial charge in [-0.25, -0.2) is 0 Å². The lowest BCUT2D eigenvalue weighted by Gasteiger charge is -2.39. The van der Waals surface area contributed by atoms with Gasteiger partial charge in [0.1, 0.15) is 0 Å². The molecule has 17 heavy (non-hydrogen) atoms. The first-order chi connectivity index (χ1) is 8.17. The average Bonchev–Trinajstić information content (AvgIpc) is 3.00. The van der Waals surface area contributed by atoms with Crippen molar-refractivity contribution in [3.05, 3.63) is 0 Å². The van der Waals surface area contributed by atoms with E-state index in [1.54, 1.807) is 0 Å². The van der Waals surface area contributed by atoms with E-state index in [-0.39, 0.29) is 0 Å². The van der Waals surface area contributed by atoms with Crippen molar-refractivity contribution in [2.45, 2.75) is 51.6 Å². The molecule has 0 radical (unpaired) electrons. The van der Waals surface area contributed by atoms with Crippen molar-refractivity contribution < 1.29 is 5.11 Å². The Morgan fingerprint density at radius 2 is 2.00 bits per heavy atom. The molecule has 2 fully saturated rings. The molecule has 100 valence electrons. The molecule has 0 amide bonds. The van der Waals surface area contributed by atoms with Crippen LogP contribution in [0.5, 0.6) is 0 Å². The summed E-state index contributed by atoms with van der Waals surface area (Å²) in [6, 6.07) is 1.46. The van der Waals surface area contributed by atoms with Crippen molar-refractivity contribution in [3.63, 3.8) is 0 Å². The number of aliphatic hydroxyl groups is 1. The third-order valence-corrected chi connectivity index (χ3v) is 3.82. The molecule has 0 aromatic heterocycles. The Morgan fingerprint density at radius 3 is 2.59 bits per heavy atom. The van der Waals surface area contributed by atoms with Crippen molar-refractivity contribution in [3.8, 4) is 0 Å². The number of nitrogens with one attached hydrogen (secondary N) is 1. The van der Waals surface area contributed by atoms with Gasteiger partial charge in [-0.05, 0) is 37.5 Å². The van der Waals surface area contributed by atoms with Gasteiger partial charge in [-0.2, -0.15) is 0 Å². The van der Waals surface area contributed by atoms with Crippen LogP contribution in [-0.4, -0.2) is 48.3 Å². The predicted octanol–water partition coefficient (Wildman–Crippen LogP) is 1.47. The minimum atomic E-state index is 0.344. The van der Waals surface area contributed by atoms with Crippen LogP contribution in [0.4, 0.5) is 0 Å². The first kappa shape index (κ1) is 13.3. The van der Waals surface area contributed by atoms with Gasteiger partial charge in [0.2, 0.25) is 0 Å². The maximum Gasteiger partial charge on any atom is 0.0434 e. The van der Waals surface area contributed by atoms with Gasteiger partial charge in [-0.15, -0.1) is 0 Å². The molecule has 1 heterocycles. The van der Waals surface area contributed by atoms with Crippen LogP contribution in [0.25, 0.3) is 0 Å². The number of nitrogens with zero attached hydrogens (tertiary/aromatic N) is 1. The highest BCUT2D eigenvalue weighted by molar-refractivity contribution is 4.90. The fraction of sp³-hybridized carbons (Fsp3) is 1.00. The SMILES string of the molecule is CC(C)CN1CC(CCO)CC(NC2CC2)C1. The molecule has 1 aliphatic heterocycles. The van der Waals surface area contributed by atoms with Gasteiger partial charge in [0, 0.05) is 38.3 Å². The molecular formula is C14H28N2O. The summed E-state index contributed by atoms with van der Waals surface area (Å²) in [6.45, 7) is 8.51. The number of piperidine rings is 1. The second kappa shape index (κ2) is 6.17. The van der Waals surface area contributed by atoms with Crippen molar-refractivity contribution >= 4 is 0 Å². The van der Waals surface area contributed by atoms with Crippen LogP contribution in [0.2, 0.25) is 0 Å². The van der Waals surface area contributed by atoms with Gasteiger partial charge < -0.3 is 15.3 Å². The molecule has 0 aromatic carbocycles. The number of likely N-dealkylation sites (tertiary alicyclic amines) is 1. The lowest BCUT2D eigenvalue weighted by atomic mass is 9.91. The highest BCUT2D eigenvalue weighted by Crippen LogP contribution is 2.25. The number of aliphatic hydroxyl groups excluding tert-OH is 1. The average molecular weight is 240 g/mol. The number of hydrogen-bond donors (Lipinski definition) is 2. The van der Waals surface area contributed by atoms with Crippen LogP contribution >= 0.6 is 0 Å². The molecule has 0 aromatic rings. The first-order valence-electron chi connectivity index (χ1n) is 7.26. The van der Waals surface area contributed by atoms with Gasteiger partial charge >= 0.3 is 0 Å². The van der Waals surface area contributed by atoms with E-state index in [0.717, 1.165) is 18.4 Å². The summed E-state index contributed by atoms with van der Waals surface area (Å²) in [4.78, 5) is 2.59. The molecule has 2 aliphatic rings. The molecular weight excluding hydrogens is 212 g/mol. The van der Waals surface area contributed by atoms with Gasteiger partial charge in [-0.1, -0.05) is 13.8 Å². The van der Waals surface area contributed by atoms with Gasteiger partial charge in [0.25, 0.3) is 0 Å². The van der Waals surface area contributed by atoms with E-state index >= 15 is 0 Å². The Labute approximate surface area is 106 Å². The summed E-state index contributed by atoms with van der Waals surface area (Å²) < 4.78 is 0. The lowest BCUT2D eigenvalue weighted by molar-refractivity contribution is 0.110. The van der Waals surface area contributed by atoms with Crippen LogP contribution in [0.1, 0.15) is 39.5 Å². The molecule has 0 bridgehead atoms. The normalized spacial score (nSPS) is 31.1. The molecule has 2 unspecified atom stereocenters. The highest BCUT2D eigenvalue weighted by atomic mass is 16.3. The minimum absolute atomic E-state index is 0.344. The molecule has 1 saturated heterocycles.